The van der Waals surface area contributed by atoms with Gasteiger partial charge in [-0.1, -0.05) is 0 Å². The highest BCUT2D eigenvalue weighted by atomic mass is 35.5. The summed E-state index contributed by atoms with van der Waals surface area (Å²) in [4.78, 5) is 0. The maximum atomic E-state index is 12.6. The summed E-state index contributed by atoms with van der Waals surface area (Å²) in [5.74, 6) is -3.40. The van der Waals surface area contributed by atoms with Gasteiger partial charge in [-0.05, 0) is 12.8 Å². The lowest BCUT2D eigenvalue weighted by Gasteiger charge is -2.29. The van der Waals surface area contributed by atoms with E-state index < -0.39 is 24.3 Å². The van der Waals surface area contributed by atoms with Crippen molar-refractivity contribution in [3.8, 4) is 0 Å². The van der Waals surface area contributed by atoms with Gasteiger partial charge in [0.25, 0.3) is 12.3 Å². The fourth-order valence-electron chi connectivity index (χ4n) is 1.29. The maximum absolute atomic E-state index is 12.6. The Labute approximate surface area is 73.7 Å². The van der Waals surface area contributed by atoms with Crippen molar-refractivity contribution in [1.82, 2.24) is 0 Å². The zero-order chi connectivity index (χ0) is 8.70. The van der Waals surface area contributed by atoms with Gasteiger partial charge in [-0.25, -0.2) is 17.6 Å². The molecule has 0 aromatic carbocycles. The van der Waals surface area contributed by atoms with Gasteiger partial charge in [0.05, 0.1) is 0 Å². The third-order valence-corrected chi connectivity index (χ3v) is 2.15. The Morgan fingerprint density at radius 1 is 1.17 bits per heavy atom. The Kier molecular flexibility index (Phi) is 3.37. The second-order valence-electron chi connectivity index (χ2n) is 2.90. The molecule has 74 valence electrons. The van der Waals surface area contributed by atoms with Crippen molar-refractivity contribution >= 4 is 12.4 Å². The highest BCUT2D eigenvalue weighted by Crippen LogP contribution is 2.45. The van der Waals surface area contributed by atoms with E-state index in [-0.39, 0.29) is 25.2 Å². The van der Waals surface area contributed by atoms with Crippen LogP contribution in [-0.4, -0.2) is 17.9 Å². The minimum Gasteiger partial charge on any atom is -0.315 e. The summed E-state index contributed by atoms with van der Waals surface area (Å²) >= 11 is 0. The molecule has 0 aliphatic heterocycles. The van der Waals surface area contributed by atoms with Gasteiger partial charge < -0.3 is 5.73 Å². The SMILES string of the molecule is Cl.NC1(C(F)F)CCCC1(F)F. The van der Waals surface area contributed by atoms with Crippen molar-refractivity contribution in [3.63, 3.8) is 0 Å². The van der Waals surface area contributed by atoms with Gasteiger partial charge in [0.2, 0.25) is 0 Å². The minimum atomic E-state index is -3.40. The van der Waals surface area contributed by atoms with E-state index in [1.807, 2.05) is 0 Å². The van der Waals surface area contributed by atoms with Crippen molar-refractivity contribution in [1.29, 1.82) is 0 Å². The highest BCUT2D eigenvalue weighted by molar-refractivity contribution is 5.85. The van der Waals surface area contributed by atoms with E-state index in [1.165, 1.54) is 0 Å². The Morgan fingerprint density at radius 3 is 1.83 bits per heavy atom. The van der Waals surface area contributed by atoms with E-state index in [9.17, 15) is 17.6 Å². The molecule has 1 aliphatic carbocycles. The molecule has 0 aromatic heterocycles. The van der Waals surface area contributed by atoms with Crippen LogP contribution in [0.15, 0.2) is 0 Å². The Morgan fingerprint density at radius 2 is 1.67 bits per heavy atom. The molecule has 0 bridgehead atoms. The van der Waals surface area contributed by atoms with Gasteiger partial charge in [-0.15, -0.1) is 12.4 Å². The Balaban J connectivity index is 0.00000121. The van der Waals surface area contributed by atoms with E-state index >= 15 is 0 Å². The van der Waals surface area contributed by atoms with Crippen molar-refractivity contribution in [2.75, 3.05) is 0 Å². The molecule has 1 unspecified atom stereocenters. The van der Waals surface area contributed by atoms with Crippen molar-refractivity contribution < 1.29 is 17.6 Å². The predicted molar refractivity (Wildman–Crippen MR) is 39.0 cm³/mol. The zero-order valence-electron chi connectivity index (χ0n) is 6.20. The molecule has 0 saturated heterocycles. The molecule has 1 aliphatic rings. The standard InChI is InChI=1S/C6H9F4N.ClH/c7-4(8)5(11)2-1-3-6(5,9)10;/h4H,1-3,11H2;1H. The normalized spacial score (nSPS) is 33.5. The number of hydrogen-bond donors (Lipinski definition) is 1. The molecule has 1 fully saturated rings. The van der Waals surface area contributed by atoms with Crippen LogP contribution >= 0.6 is 12.4 Å². The topological polar surface area (TPSA) is 26.0 Å². The van der Waals surface area contributed by atoms with E-state index in [0.717, 1.165) is 0 Å². The summed E-state index contributed by atoms with van der Waals surface area (Å²) in [5, 5.41) is 0. The molecular formula is C6H10ClF4N. The van der Waals surface area contributed by atoms with Crippen LogP contribution in [-0.2, 0) is 0 Å². The summed E-state index contributed by atoms with van der Waals surface area (Å²) in [6, 6.07) is 0. The van der Waals surface area contributed by atoms with E-state index in [1.54, 1.807) is 0 Å². The third kappa shape index (κ3) is 1.52. The first kappa shape index (κ1) is 12.0. The smallest absolute Gasteiger partial charge is 0.271 e. The summed E-state index contributed by atoms with van der Waals surface area (Å²) in [7, 11) is 0. The average molecular weight is 208 g/mol. The third-order valence-electron chi connectivity index (χ3n) is 2.15. The summed E-state index contributed by atoms with van der Waals surface area (Å²) in [6.45, 7) is 0. The lowest BCUT2D eigenvalue weighted by atomic mass is 9.96. The zero-order valence-corrected chi connectivity index (χ0v) is 7.01. The van der Waals surface area contributed by atoms with Crippen molar-refractivity contribution in [2.24, 2.45) is 5.73 Å². The monoisotopic (exact) mass is 207 g/mol. The second kappa shape index (κ2) is 3.38. The Hall–Kier alpha value is -0.0300. The van der Waals surface area contributed by atoms with Gasteiger partial charge in [0.1, 0.15) is 5.54 Å². The van der Waals surface area contributed by atoms with E-state index in [4.69, 9.17) is 5.73 Å². The fraction of sp³-hybridized carbons (Fsp3) is 1.00. The molecule has 1 atom stereocenters. The molecule has 12 heavy (non-hydrogen) atoms. The van der Waals surface area contributed by atoms with Crippen LogP contribution < -0.4 is 5.73 Å². The average Bonchev–Trinajstić information content (AvgIpc) is 2.09. The molecule has 0 spiro atoms. The van der Waals surface area contributed by atoms with E-state index in [2.05, 4.69) is 0 Å². The predicted octanol–water partition coefficient (Wildman–Crippen LogP) is 2.19. The molecule has 0 radical (unpaired) electrons. The summed E-state index contributed by atoms with van der Waals surface area (Å²) < 4.78 is 49.3. The molecule has 1 nitrogen and oxygen atoms in total. The lowest BCUT2D eigenvalue weighted by Crippen LogP contribution is -2.57. The lowest BCUT2D eigenvalue weighted by molar-refractivity contribution is -0.112. The van der Waals surface area contributed by atoms with Crippen LogP contribution in [0.2, 0.25) is 0 Å². The quantitative estimate of drug-likeness (QED) is 0.656. The number of halogens is 5. The number of nitrogens with two attached hydrogens (primary N) is 1. The molecular weight excluding hydrogens is 198 g/mol. The van der Waals surface area contributed by atoms with Crippen LogP contribution in [0.4, 0.5) is 17.6 Å². The molecule has 0 heterocycles. The highest BCUT2D eigenvalue weighted by Gasteiger charge is 2.60. The first-order valence-corrected chi connectivity index (χ1v) is 3.35. The summed E-state index contributed by atoms with van der Waals surface area (Å²) in [5.41, 5.74) is 2.30. The van der Waals surface area contributed by atoms with Crippen molar-refractivity contribution in [2.45, 2.75) is 37.1 Å². The first-order chi connectivity index (χ1) is 4.90. The van der Waals surface area contributed by atoms with Gasteiger partial charge >= 0.3 is 0 Å². The Bertz CT molecular complexity index is 164. The van der Waals surface area contributed by atoms with Crippen LogP contribution in [0, 0.1) is 0 Å². The number of alkyl halides is 4. The minimum absolute atomic E-state index is 0. The molecule has 0 amide bonds. The molecule has 6 heteroatoms. The van der Waals surface area contributed by atoms with Gasteiger partial charge in [-0.3, -0.25) is 0 Å². The fourth-order valence-corrected chi connectivity index (χ4v) is 1.29. The van der Waals surface area contributed by atoms with Crippen LogP contribution in [0.5, 0.6) is 0 Å². The second-order valence-corrected chi connectivity index (χ2v) is 2.90. The molecule has 2 N–H and O–H groups in total. The van der Waals surface area contributed by atoms with Crippen LogP contribution in [0.1, 0.15) is 19.3 Å². The molecule has 1 rings (SSSR count). The van der Waals surface area contributed by atoms with Gasteiger partial charge in [0.15, 0.2) is 0 Å². The largest absolute Gasteiger partial charge is 0.315 e. The first-order valence-electron chi connectivity index (χ1n) is 3.35. The van der Waals surface area contributed by atoms with Crippen LogP contribution in [0.3, 0.4) is 0 Å². The maximum Gasteiger partial charge on any atom is 0.271 e. The van der Waals surface area contributed by atoms with Gasteiger partial charge in [-0.2, -0.15) is 0 Å². The van der Waals surface area contributed by atoms with Crippen LogP contribution in [0.25, 0.3) is 0 Å². The number of rotatable bonds is 1. The molecule has 0 aromatic rings. The van der Waals surface area contributed by atoms with E-state index in [0.29, 0.717) is 0 Å². The summed E-state index contributed by atoms with van der Waals surface area (Å²) in [6.07, 6.45) is -3.88. The molecule has 1 saturated carbocycles. The van der Waals surface area contributed by atoms with Crippen molar-refractivity contribution in [3.05, 3.63) is 0 Å². The number of hydrogen-bond acceptors (Lipinski definition) is 1. The van der Waals surface area contributed by atoms with Gasteiger partial charge in [0, 0.05) is 6.42 Å².